The molecule has 0 bridgehead atoms. The Hall–Kier alpha value is -2.70. The number of oxime groups is 1. The van der Waals surface area contributed by atoms with Gasteiger partial charge in [-0.25, -0.2) is 4.98 Å². The summed E-state index contributed by atoms with van der Waals surface area (Å²) in [5.41, 5.74) is 1.23. The highest BCUT2D eigenvalue weighted by Gasteiger charge is 2.20. The predicted molar refractivity (Wildman–Crippen MR) is 104 cm³/mol. The Labute approximate surface area is 166 Å². The largest absolute Gasteiger partial charge is 0.467 e. The molecule has 0 amide bonds. The van der Waals surface area contributed by atoms with Crippen LogP contribution in [0.4, 0.5) is 0 Å². The van der Waals surface area contributed by atoms with Crippen LogP contribution in [0.2, 0.25) is 10.0 Å². The number of aromatic nitrogens is 1. The van der Waals surface area contributed by atoms with Crippen molar-refractivity contribution in [2.75, 3.05) is 7.05 Å². The summed E-state index contributed by atoms with van der Waals surface area (Å²) in [6, 6.07) is 12.1. The molecule has 1 aromatic carbocycles. The number of hydrogen-bond acceptors (Lipinski definition) is 5. The number of benzene rings is 1. The number of rotatable bonds is 5. The molecule has 2 aromatic heterocycles. The molecule has 0 radical (unpaired) electrons. The predicted octanol–water partition coefficient (Wildman–Crippen LogP) is 5.35. The first-order chi connectivity index (χ1) is 13.0. The third kappa shape index (κ3) is 4.53. The van der Waals surface area contributed by atoms with Crippen LogP contribution in [0.1, 0.15) is 17.0 Å². The van der Waals surface area contributed by atoms with Gasteiger partial charge in [-0.2, -0.15) is 0 Å². The minimum Gasteiger partial charge on any atom is -0.467 e. The Balaban J connectivity index is 1.96. The van der Waals surface area contributed by atoms with Crippen molar-refractivity contribution in [3.05, 3.63) is 75.8 Å². The second-order valence-corrected chi connectivity index (χ2v) is 6.68. The molecule has 140 valence electrons. The van der Waals surface area contributed by atoms with Crippen LogP contribution < -0.4 is 4.74 Å². The zero-order chi connectivity index (χ0) is 19.4. The van der Waals surface area contributed by atoms with Crippen molar-refractivity contribution in [2.45, 2.75) is 13.5 Å². The number of pyridine rings is 1. The van der Waals surface area contributed by atoms with Gasteiger partial charge in [0, 0.05) is 23.8 Å². The molecular weight excluding hydrogens is 389 g/mol. The van der Waals surface area contributed by atoms with Crippen LogP contribution in [0.15, 0.2) is 58.3 Å². The number of halogens is 2. The Kier molecular flexibility index (Phi) is 5.88. The molecule has 0 saturated heterocycles. The molecular formula is C19H17Cl2N3O3. The van der Waals surface area contributed by atoms with E-state index in [1.165, 1.54) is 0 Å². The molecule has 8 heteroatoms. The van der Waals surface area contributed by atoms with E-state index in [1.54, 1.807) is 54.6 Å². The molecule has 0 atom stereocenters. The van der Waals surface area contributed by atoms with Gasteiger partial charge in [0.05, 0.1) is 23.4 Å². The summed E-state index contributed by atoms with van der Waals surface area (Å²) in [7, 11) is 1.77. The van der Waals surface area contributed by atoms with Crippen molar-refractivity contribution in [3.8, 4) is 11.6 Å². The van der Waals surface area contributed by atoms with Gasteiger partial charge in [0.15, 0.2) is 5.84 Å². The first-order valence-corrected chi connectivity index (χ1v) is 8.80. The van der Waals surface area contributed by atoms with Crippen LogP contribution in [0, 0.1) is 6.92 Å². The molecule has 3 aromatic rings. The maximum Gasteiger partial charge on any atom is 0.230 e. The molecule has 0 spiro atoms. The molecule has 0 unspecified atom stereocenters. The third-order valence-electron chi connectivity index (χ3n) is 3.77. The van der Waals surface area contributed by atoms with E-state index in [2.05, 4.69) is 10.1 Å². The van der Waals surface area contributed by atoms with Crippen molar-refractivity contribution in [2.24, 2.45) is 5.16 Å². The summed E-state index contributed by atoms with van der Waals surface area (Å²) >= 11 is 12.2. The maximum absolute atomic E-state index is 9.62. The highest BCUT2D eigenvalue weighted by Crippen LogP contribution is 2.33. The molecule has 27 heavy (non-hydrogen) atoms. The summed E-state index contributed by atoms with van der Waals surface area (Å²) in [4.78, 5) is 6.14. The lowest BCUT2D eigenvalue weighted by molar-refractivity contribution is 0.302. The van der Waals surface area contributed by atoms with E-state index >= 15 is 0 Å². The molecule has 1 N–H and O–H groups in total. The Morgan fingerprint density at radius 2 is 2.07 bits per heavy atom. The zero-order valence-corrected chi connectivity index (χ0v) is 16.2. The number of furan rings is 1. The number of hydrogen-bond donors (Lipinski definition) is 1. The lowest BCUT2D eigenvalue weighted by Crippen LogP contribution is -2.27. The van der Waals surface area contributed by atoms with Gasteiger partial charge < -0.3 is 19.3 Å². The smallest absolute Gasteiger partial charge is 0.230 e. The van der Waals surface area contributed by atoms with Crippen LogP contribution in [0.3, 0.4) is 0 Å². The summed E-state index contributed by atoms with van der Waals surface area (Å²) in [5, 5.41) is 13.9. The van der Waals surface area contributed by atoms with Gasteiger partial charge in [-0.15, -0.1) is 0 Å². The fourth-order valence-corrected chi connectivity index (χ4v) is 2.81. The standard InChI is InChI=1S/C19H17Cl2N3O3/c1-12-5-7-15(18(23-25)24(2)11-14-4-3-9-26-14)19(22-12)27-17-10-13(20)6-8-16(17)21/h3-10,25H,11H2,1-2H3/b23-18-. The summed E-state index contributed by atoms with van der Waals surface area (Å²) in [6.45, 7) is 2.23. The lowest BCUT2D eigenvalue weighted by atomic mass is 10.2. The van der Waals surface area contributed by atoms with Crippen LogP contribution in [0.5, 0.6) is 11.6 Å². The van der Waals surface area contributed by atoms with Gasteiger partial charge in [0.1, 0.15) is 11.5 Å². The lowest BCUT2D eigenvalue weighted by Gasteiger charge is -2.20. The summed E-state index contributed by atoms with van der Waals surface area (Å²) < 4.78 is 11.3. The van der Waals surface area contributed by atoms with Crippen molar-refractivity contribution in [1.29, 1.82) is 0 Å². The highest BCUT2D eigenvalue weighted by molar-refractivity contribution is 6.34. The second kappa shape index (κ2) is 8.33. The number of nitrogens with zero attached hydrogens (tertiary/aromatic N) is 3. The third-order valence-corrected chi connectivity index (χ3v) is 4.32. The van der Waals surface area contributed by atoms with E-state index in [9.17, 15) is 5.21 Å². The van der Waals surface area contributed by atoms with Crippen molar-refractivity contribution in [3.63, 3.8) is 0 Å². The minimum absolute atomic E-state index is 0.248. The van der Waals surface area contributed by atoms with Gasteiger partial charge in [-0.05, 0) is 43.3 Å². The molecule has 0 fully saturated rings. The summed E-state index contributed by atoms with van der Waals surface area (Å²) in [6.07, 6.45) is 1.59. The van der Waals surface area contributed by atoms with E-state index < -0.39 is 0 Å². The zero-order valence-electron chi connectivity index (χ0n) is 14.7. The normalized spacial score (nSPS) is 11.5. The molecule has 0 saturated carbocycles. The molecule has 6 nitrogen and oxygen atoms in total. The van der Waals surface area contributed by atoms with Gasteiger partial charge in [0.2, 0.25) is 5.88 Å². The average molecular weight is 406 g/mol. The van der Waals surface area contributed by atoms with E-state index in [-0.39, 0.29) is 11.7 Å². The van der Waals surface area contributed by atoms with Crippen LogP contribution in [-0.4, -0.2) is 28.0 Å². The topological polar surface area (TPSA) is 71.1 Å². The summed E-state index contributed by atoms with van der Waals surface area (Å²) in [5.74, 6) is 1.60. The van der Waals surface area contributed by atoms with Crippen LogP contribution in [0.25, 0.3) is 0 Å². The maximum atomic E-state index is 9.62. The Bertz CT molecular complexity index is 959. The molecule has 0 aliphatic carbocycles. The number of amidine groups is 1. The fraction of sp³-hybridized carbons (Fsp3) is 0.158. The Morgan fingerprint density at radius 3 is 2.78 bits per heavy atom. The average Bonchev–Trinajstić information content (AvgIpc) is 3.13. The van der Waals surface area contributed by atoms with Crippen LogP contribution >= 0.6 is 23.2 Å². The van der Waals surface area contributed by atoms with E-state index in [0.717, 1.165) is 11.5 Å². The first-order valence-electron chi connectivity index (χ1n) is 8.04. The first kappa shape index (κ1) is 19.1. The molecule has 0 aliphatic rings. The number of aryl methyl sites for hydroxylation is 1. The second-order valence-electron chi connectivity index (χ2n) is 5.84. The monoisotopic (exact) mass is 405 g/mol. The molecule has 2 heterocycles. The van der Waals surface area contributed by atoms with Crippen molar-refractivity contribution >= 4 is 29.0 Å². The van der Waals surface area contributed by atoms with Crippen molar-refractivity contribution in [1.82, 2.24) is 9.88 Å². The van der Waals surface area contributed by atoms with E-state index in [1.807, 2.05) is 13.0 Å². The van der Waals surface area contributed by atoms with Gasteiger partial charge >= 0.3 is 0 Å². The van der Waals surface area contributed by atoms with Gasteiger partial charge in [0.25, 0.3) is 0 Å². The van der Waals surface area contributed by atoms with E-state index in [0.29, 0.717) is 27.9 Å². The Morgan fingerprint density at radius 1 is 1.26 bits per heavy atom. The quantitative estimate of drug-likeness (QED) is 0.268. The molecule has 3 rings (SSSR count). The van der Waals surface area contributed by atoms with Gasteiger partial charge in [-0.1, -0.05) is 28.4 Å². The molecule has 0 aliphatic heterocycles. The minimum atomic E-state index is 0.248. The van der Waals surface area contributed by atoms with Gasteiger partial charge in [-0.3, -0.25) is 0 Å². The number of ether oxygens (including phenoxy) is 1. The van der Waals surface area contributed by atoms with Crippen LogP contribution in [-0.2, 0) is 6.54 Å². The highest BCUT2D eigenvalue weighted by atomic mass is 35.5. The SMILES string of the molecule is Cc1ccc(/C(=N/O)N(C)Cc2ccco2)c(Oc2cc(Cl)ccc2Cl)n1. The fourth-order valence-electron chi connectivity index (χ4n) is 2.49. The van der Waals surface area contributed by atoms with E-state index in [4.69, 9.17) is 32.4 Å². The van der Waals surface area contributed by atoms with Crippen molar-refractivity contribution < 1.29 is 14.4 Å².